The first-order valence-corrected chi connectivity index (χ1v) is 8.14. The van der Waals surface area contributed by atoms with Crippen LogP contribution in [0.25, 0.3) is 0 Å². The maximum Gasteiger partial charge on any atom is 0.249 e. The Hall–Kier alpha value is -1.10. The number of unbranched alkanes of at least 4 members (excludes halogenated alkanes) is 1. The number of rotatable bonds is 6. The molecular formula is C16H28N2O3. The monoisotopic (exact) mass is 296 g/mol. The highest BCUT2D eigenvalue weighted by Gasteiger charge is 2.56. The van der Waals surface area contributed by atoms with E-state index in [9.17, 15) is 9.59 Å². The van der Waals surface area contributed by atoms with Gasteiger partial charge in [-0.3, -0.25) is 9.59 Å². The highest BCUT2D eigenvalue weighted by molar-refractivity contribution is 6.02. The molecule has 0 radical (unpaired) electrons. The van der Waals surface area contributed by atoms with E-state index in [4.69, 9.17) is 4.74 Å². The molecule has 0 aromatic carbocycles. The van der Waals surface area contributed by atoms with E-state index < -0.39 is 11.1 Å². The average Bonchev–Trinajstić information content (AvgIpc) is 2.94. The van der Waals surface area contributed by atoms with Crippen LogP contribution in [0.5, 0.6) is 0 Å². The molecule has 1 N–H and O–H groups in total. The van der Waals surface area contributed by atoms with Gasteiger partial charge in [0, 0.05) is 20.3 Å². The quantitative estimate of drug-likeness (QED) is 0.761. The average molecular weight is 296 g/mol. The van der Waals surface area contributed by atoms with Crippen LogP contribution in [-0.4, -0.2) is 48.1 Å². The normalized spacial score (nSPS) is 28.2. The summed E-state index contributed by atoms with van der Waals surface area (Å²) in [5.41, 5.74) is -1.33. The van der Waals surface area contributed by atoms with E-state index in [1.807, 2.05) is 18.7 Å². The summed E-state index contributed by atoms with van der Waals surface area (Å²) in [6.07, 6.45) is 6.04. The van der Waals surface area contributed by atoms with Gasteiger partial charge < -0.3 is 15.0 Å². The minimum Gasteiger partial charge on any atom is -0.385 e. The Labute approximate surface area is 127 Å². The SMILES string of the molecule is CCC1(C)C(=O)NC2(CCCC2)C(=O)N1CCCCOC. The number of methoxy groups -OCH3 is 1. The van der Waals surface area contributed by atoms with Gasteiger partial charge in [-0.25, -0.2) is 0 Å². The predicted molar refractivity (Wildman–Crippen MR) is 80.9 cm³/mol. The maximum absolute atomic E-state index is 13.0. The zero-order chi connectivity index (χ0) is 15.5. The molecule has 120 valence electrons. The Morgan fingerprint density at radius 2 is 1.90 bits per heavy atom. The molecule has 1 aliphatic carbocycles. The molecular weight excluding hydrogens is 268 g/mol. The second kappa shape index (κ2) is 6.34. The fourth-order valence-electron chi connectivity index (χ4n) is 3.54. The number of hydrogen-bond acceptors (Lipinski definition) is 3. The van der Waals surface area contributed by atoms with Crippen molar-refractivity contribution >= 4 is 11.8 Å². The summed E-state index contributed by atoms with van der Waals surface area (Å²) >= 11 is 0. The van der Waals surface area contributed by atoms with E-state index in [-0.39, 0.29) is 11.8 Å². The van der Waals surface area contributed by atoms with Crippen LogP contribution < -0.4 is 5.32 Å². The van der Waals surface area contributed by atoms with Gasteiger partial charge in [-0.1, -0.05) is 19.8 Å². The maximum atomic E-state index is 13.0. The van der Waals surface area contributed by atoms with Crippen LogP contribution in [0.15, 0.2) is 0 Å². The lowest BCUT2D eigenvalue weighted by molar-refractivity contribution is -0.162. The Morgan fingerprint density at radius 1 is 1.24 bits per heavy atom. The molecule has 1 spiro atoms. The largest absolute Gasteiger partial charge is 0.385 e. The van der Waals surface area contributed by atoms with Crippen molar-refractivity contribution in [1.82, 2.24) is 10.2 Å². The topological polar surface area (TPSA) is 58.6 Å². The molecule has 2 aliphatic rings. The van der Waals surface area contributed by atoms with Gasteiger partial charge in [0.05, 0.1) is 0 Å². The standard InChI is InChI=1S/C16H28N2O3/c1-4-15(2)13(19)17-16(9-5-6-10-16)14(20)18(15)11-7-8-12-21-3/h4-12H2,1-3H3,(H,17,19). The summed E-state index contributed by atoms with van der Waals surface area (Å²) in [5, 5.41) is 3.06. The first-order valence-electron chi connectivity index (χ1n) is 8.14. The molecule has 2 fully saturated rings. The number of carbonyl (C=O) groups is 2. The summed E-state index contributed by atoms with van der Waals surface area (Å²) in [7, 11) is 1.68. The van der Waals surface area contributed by atoms with Gasteiger partial charge in [0.15, 0.2) is 0 Å². The van der Waals surface area contributed by atoms with E-state index in [1.54, 1.807) is 7.11 Å². The van der Waals surface area contributed by atoms with Gasteiger partial charge in [-0.15, -0.1) is 0 Å². The van der Waals surface area contributed by atoms with Gasteiger partial charge in [-0.2, -0.15) is 0 Å². The first kappa shape index (κ1) is 16.3. The van der Waals surface area contributed by atoms with Crippen LogP contribution in [0.3, 0.4) is 0 Å². The number of nitrogens with zero attached hydrogens (tertiary/aromatic N) is 1. The number of carbonyl (C=O) groups excluding carboxylic acids is 2. The fourth-order valence-corrected chi connectivity index (χ4v) is 3.54. The first-order chi connectivity index (χ1) is 10.00. The van der Waals surface area contributed by atoms with Crippen molar-refractivity contribution in [3.63, 3.8) is 0 Å². The van der Waals surface area contributed by atoms with Crippen molar-refractivity contribution in [3.8, 4) is 0 Å². The summed E-state index contributed by atoms with van der Waals surface area (Å²) in [5.74, 6) is 0.139. The number of nitrogens with one attached hydrogen (secondary N) is 1. The molecule has 1 saturated carbocycles. The Morgan fingerprint density at radius 3 is 2.48 bits per heavy atom. The highest BCUT2D eigenvalue weighted by Crippen LogP contribution is 2.38. The zero-order valence-electron chi connectivity index (χ0n) is 13.5. The molecule has 2 amide bonds. The molecule has 0 aromatic heterocycles. The molecule has 5 nitrogen and oxygen atoms in total. The van der Waals surface area contributed by atoms with Gasteiger partial charge >= 0.3 is 0 Å². The molecule has 21 heavy (non-hydrogen) atoms. The second-order valence-corrected chi connectivity index (χ2v) is 6.53. The van der Waals surface area contributed by atoms with Gasteiger partial charge in [-0.05, 0) is 39.0 Å². The van der Waals surface area contributed by atoms with Crippen molar-refractivity contribution < 1.29 is 14.3 Å². The molecule has 1 aliphatic heterocycles. The van der Waals surface area contributed by atoms with Gasteiger partial charge in [0.25, 0.3) is 0 Å². The third-order valence-corrected chi connectivity index (χ3v) is 5.22. The van der Waals surface area contributed by atoms with Crippen LogP contribution in [-0.2, 0) is 14.3 Å². The van der Waals surface area contributed by atoms with E-state index in [1.165, 1.54) is 0 Å². The van der Waals surface area contributed by atoms with E-state index in [0.717, 1.165) is 38.5 Å². The summed E-state index contributed by atoms with van der Waals surface area (Å²) in [4.78, 5) is 27.5. The van der Waals surface area contributed by atoms with Crippen molar-refractivity contribution in [2.24, 2.45) is 0 Å². The number of hydrogen-bond donors (Lipinski definition) is 1. The van der Waals surface area contributed by atoms with Gasteiger partial charge in [0.2, 0.25) is 11.8 Å². The summed E-state index contributed by atoms with van der Waals surface area (Å²) in [6, 6.07) is 0. The number of amides is 2. The molecule has 1 saturated heterocycles. The Bertz CT molecular complexity index is 404. The predicted octanol–water partition coefficient (Wildman–Crippen LogP) is 1.85. The third kappa shape index (κ3) is 2.80. The Balaban J connectivity index is 2.17. The van der Waals surface area contributed by atoms with Crippen LogP contribution in [0.2, 0.25) is 0 Å². The lowest BCUT2D eigenvalue weighted by atomic mass is 9.83. The number of piperazine rings is 1. The minimum atomic E-state index is -0.710. The van der Waals surface area contributed by atoms with E-state index >= 15 is 0 Å². The van der Waals surface area contributed by atoms with E-state index in [2.05, 4.69) is 5.32 Å². The lowest BCUT2D eigenvalue weighted by Crippen LogP contribution is -2.74. The van der Waals surface area contributed by atoms with Crippen molar-refractivity contribution in [3.05, 3.63) is 0 Å². The number of ether oxygens (including phenoxy) is 1. The van der Waals surface area contributed by atoms with E-state index in [0.29, 0.717) is 19.6 Å². The molecule has 0 bridgehead atoms. The summed E-state index contributed by atoms with van der Waals surface area (Å²) < 4.78 is 5.07. The second-order valence-electron chi connectivity index (χ2n) is 6.53. The fraction of sp³-hybridized carbons (Fsp3) is 0.875. The molecule has 2 rings (SSSR count). The molecule has 1 atom stereocenters. The van der Waals surface area contributed by atoms with Crippen molar-refractivity contribution in [1.29, 1.82) is 0 Å². The van der Waals surface area contributed by atoms with Crippen LogP contribution >= 0.6 is 0 Å². The van der Waals surface area contributed by atoms with Crippen LogP contribution in [0.4, 0.5) is 0 Å². The lowest BCUT2D eigenvalue weighted by Gasteiger charge is -2.50. The van der Waals surface area contributed by atoms with Crippen molar-refractivity contribution in [2.75, 3.05) is 20.3 Å². The van der Waals surface area contributed by atoms with Gasteiger partial charge in [0.1, 0.15) is 11.1 Å². The van der Waals surface area contributed by atoms with Crippen LogP contribution in [0.1, 0.15) is 58.8 Å². The minimum absolute atomic E-state index is 0.0123. The third-order valence-electron chi connectivity index (χ3n) is 5.22. The smallest absolute Gasteiger partial charge is 0.249 e. The Kier molecular flexibility index (Phi) is 4.91. The molecule has 1 heterocycles. The zero-order valence-corrected chi connectivity index (χ0v) is 13.5. The summed E-state index contributed by atoms with van der Waals surface area (Å²) in [6.45, 7) is 5.20. The van der Waals surface area contributed by atoms with Crippen LogP contribution in [0, 0.1) is 0 Å². The molecule has 5 heteroatoms. The highest BCUT2D eigenvalue weighted by atomic mass is 16.5. The molecule has 1 unspecified atom stereocenters. The van der Waals surface area contributed by atoms with Crippen molar-refractivity contribution in [2.45, 2.75) is 69.9 Å². The molecule has 0 aromatic rings.